The van der Waals surface area contributed by atoms with Gasteiger partial charge in [-0.25, -0.2) is 87.8 Å². The predicted octanol–water partition coefficient (Wildman–Crippen LogP) is 11.2. The molecule has 0 aliphatic heterocycles. The highest BCUT2D eigenvalue weighted by molar-refractivity contribution is 6.30. The maximum Gasteiger partial charge on any atom is 0.631 e. The summed E-state index contributed by atoms with van der Waals surface area (Å²) in [6.07, 6.45) is -4.57. The zero-order valence-corrected chi connectivity index (χ0v) is 32.2. The second-order valence-corrected chi connectivity index (χ2v) is 14.2. The Morgan fingerprint density at radius 2 is 0.612 bits per heavy atom. The van der Waals surface area contributed by atoms with Crippen LogP contribution in [0.3, 0.4) is 0 Å². The van der Waals surface area contributed by atoms with E-state index in [9.17, 15) is 13.2 Å². The minimum atomic E-state index is -6.37. The van der Waals surface area contributed by atoms with Crippen LogP contribution >= 0.6 is 0 Å². The van der Waals surface area contributed by atoms with Crippen LogP contribution in [0.15, 0.2) is 103 Å². The fourth-order valence-corrected chi connectivity index (χ4v) is 8.58. The predicted molar refractivity (Wildman–Crippen MR) is 192 cm³/mol. The van der Waals surface area contributed by atoms with Crippen molar-refractivity contribution in [2.75, 3.05) is 0 Å². The van der Waals surface area contributed by atoms with E-state index in [1.807, 2.05) is 0 Å². The second-order valence-electron chi connectivity index (χ2n) is 14.2. The van der Waals surface area contributed by atoms with Gasteiger partial charge in [0.15, 0.2) is 93.3 Å². The van der Waals surface area contributed by atoms with Gasteiger partial charge in [-0.2, -0.15) is 0 Å². The first-order valence-corrected chi connectivity index (χ1v) is 18.1. The molecule has 67 heavy (non-hydrogen) atoms. The SMILES string of the molecule is FC1=C(F)C(c2ccccc2)(C(c2c(F)c(F)c(F)c(F)c2F)(c2c(F)c(F)c(F)c(F)c2F)c2c(F)c(F)c(F)c(F)c2F)C(F)(c2ccccc2)C(F)(c2ccccc2)C1F.OB(O)O. The largest absolute Gasteiger partial charge is 0.631 e. The van der Waals surface area contributed by atoms with Gasteiger partial charge in [0.2, 0.25) is 23.1 Å². The van der Waals surface area contributed by atoms with Crippen molar-refractivity contribution in [1.82, 2.24) is 0 Å². The number of alkyl halides is 3. The van der Waals surface area contributed by atoms with Gasteiger partial charge in [-0.1, -0.05) is 91.0 Å². The first-order chi connectivity index (χ1) is 31.3. The number of benzene rings is 6. The fraction of sp³-hybridized carbons (Fsp3) is 0.116. The maximum absolute atomic E-state index is 20.3. The summed E-state index contributed by atoms with van der Waals surface area (Å²) in [5, 5.41) is 21.5. The summed E-state index contributed by atoms with van der Waals surface area (Å²) in [7, 11) is -2.17. The fourth-order valence-electron chi connectivity index (χ4n) is 8.58. The van der Waals surface area contributed by atoms with Gasteiger partial charge in [0.25, 0.3) is 0 Å². The molecule has 4 atom stereocenters. The molecule has 0 heterocycles. The molecular formula is C43H19BF20O3. The number of hydrogen-bond donors (Lipinski definition) is 3. The Hall–Kier alpha value is -6.40. The lowest BCUT2D eigenvalue weighted by Crippen LogP contribution is -2.72. The van der Waals surface area contributed by atoms with E-state index in [0.29, 0.717) is 48.5 Å². The molecule has 3 N–H and O–H groups in total. The van der Waals surface area contributed by atoms with Crippen LogP contribution in [0.5, 0.6) is 0 Å². The topological polar surface area (TPSA) is 60.7 Å². The molecule has 0 fully saturated rings. The molecule has 24 heteroatoms. The van der Waals surface area contributed by atoms with E-state index in [-0.39, 0.29) is 24.3 Å². The Balaban J connectivity index is 0.00000178. The van der Waals surface area contributed by atoms with E-state index in [4.69, 9.17) is 15.1 Å². The van der Waals surface area contributed by atoms with Crippen molar-refractivity contribution in [1.29, 1.82) is 0 Å². The van der Waals surface area contributed by atoms with Gasteiger partial charge < -0.3 is 15.1 Å². The lowest BCUT2D eigenvalue weighted by molar-refractivity contribution is -0.166. The Morgan fingerprint density at radius 3 is 0.896 bits per heavy atom. The van der Waals surface area contributed by atoms with Crippen molar-refractivity contribution in [3.05, 3.63) is 223 Å². The van der Waals surface area contributed by atoms with Crippen LogP contribution in [0.1, 0.15) is 33.4 Å². The Morgan fingerprint density at radius 1 is 0.373 bits per heavy atom. The monoisotopic (exact) mass is 974 g/mol. The third kappa shape index (κ3) is 6.64. The zero-order chi connectivity index (χ0) is 50.0. The van der Waals surface area contributed by atoms with E-state index < -0.39 is 168 Å². The lowest BCUT2D eigenvalue weighted by atomic mass is 9.40. The molecule has 0 amide bonds. The Labute approximate surface area is 361 Å². The van der Waals surface area contributed by atoms with Crippen LogP contribution in [-0.2, 0) is 22.2 Å². The van der Waals surface area contributed by atoms with Crippen molar-refractivity contribution in [2.24, 2.45) is 0 Å². The van der Waals surface area contributed by atoms with E-state index in [2.05, 4.69) is 0 Å². The third-order valence-electron chi connectivity index (χ3n) is 11.0. The first-order valence-electron chi connectivity index (χ1n) is 18.1. The van der Waals surface area contributed by atoms with E-state index in [1.165, 1.54) is 0 Å². The van der Waals surface area contributed by atoms with Crippen LogP contribution in [0, 0.1) is 87.3 Å². The van der Waals surface area contributed by atoms with Crippen molar-refractivity contribution < 1.29 is 103 Å². The summed E-state index contributed by atoms with van der Waals surface area (Å²) in [5.41, 5.74) is -39.9. The van der Waals surface area contributed by atoms with Crippen LogP contribution in [0.2, 0.25) is 0 Å². The number of rotatable bonds is 7. The molecule has 0 saturated heterocycles. The average Bonchev–Trinajstić information content (AvgIpc) is 3.32. The second kappa shape index (κ2) is 17.7. The number of halogens is 20. The highest BCUT2D eigenvalue weighted by Gasteiger charge is 2.84. The summed E-state index contributed by atoms with van der Waals surface area (Å²) in [6, 6.07) is 7.43. The number of allylic oxidation sites excluding steroid dienone is 2. The summed E-state index contributed by atoms with van der Waals surface area (Å²) in [6.45, 7) is 0. The molecule has 6 aromatic rings. The van der Waals surface area contributed by atoms with Crippen LogP contribution in [-0.4, -0.2) is 28.6 Å². The summed E-state index contributed by atoms with van der Waals surface area (Å²) < 4.78 is 333. The van der Waals surface area contributed by atoms with Gasteiger partial charge in [-0.05, 0) is 16.7 Å². The molecule has 7 rings (SSSR count). The minimum Gasteiger partial charge on any atom is -0.402 e. The first kappa shape index (κ1) is 50.0. The smallest absolute Gasteiger partial charge is 0.402 e. The zero-order valence-electron chi connectivity index (χ0n) is 32.2. The molecule has 0 saturated carbocycles. The molecule has 4 unspecified atom stereocenters. The van der Waals surface area contributed by atoms with Gasteiger partial charge in [0.1, 0.15) is 5.41 Å². The summed E-state index contributed by atoms with van der Waals surface area (Å²) in [4.78, 5) is 0. The highest BCUT2D eigenvalue weighted by atomic mass is 19.2. The molecule has 6 aromatic carbocycles. The quantitative estimate of drug-likeness (QED) is 0.0491. The van der Waals surface area contributed by atoms with Gasteiger partial charge in [0, 0.05) is 16.7 Å². The van der Waals surface area contributed by atoms with Gasteiger partial charge in [0.05, 0.1) is 5.41 Å². The normalized spacial score (nSPS) is 20.7. The molecule has 0 radical (unpaired) electrons. The molecule has 352 valence electrons. The van der Waals surface area contributed by atoms with Crippen molar-refractivity contribution in [2.45, 2.75) is 28.3 Å². The molecule has 0 spiro atoms. The van der Waals surface area contributed by atoms with Gasteiger partial charge >= 0.3 is 7.32 Å². The maximum atomic E-state index is 20.3. The van der Waals surface area contributed by atoms with Gasteiger partial charge in [-0.3, -0.25) is 0 Å². The molecule has 1 aliphatic rings. The standard InChI is InChI=1S/C43H16F20.BH3O3/c44-22-19(23(45)29(51)34(56)28(22)50)40(20-24(46)30(52)35(57)31(53)25(20)47,21-26(48)32(54)36(58)33(55)27(21)49)41(16-10-4-1-5-11-16)38(60)37(59)39(61)42(62,17-12-6-2-7-13-17)43(41,63)18-14-8-3-9-15-18;2-1(3)4/h1-15,39H;2-4H. The lowest BCUT2D eigenvalue weighted by Gasteiger charge is -2.62. The van der Waals surface area contributed by atoms with E-state index >= 15 is 74.6 Å². The molecule has 0 bridgehead atoms. The van der Waals surface area contributed by atoms with E-state index in [0.717, 1.165) is 18.2 Å². The summed E-state index contributed by atoms with van der Waals surface area (Å²) in [5.74, 6) is -61.4. The van der Waals surface area contributed by atoms with Crippen LogP contribution in [0.4, 0.5) is 87.8 Å². The van der Waals surface area contributed by atoms with Crippen molar-refractivity contribution in [3.63, 3.8) is 0 Å². The van der Waals surface area contributed by atoms with E-state index in [1.54, 1.807) is 0 Å². The van der Waals surface area contributed by atoms with Crippen LogP contribution in [0.25, 0.3) is 0 Å². The van der Waals surface area contributed by atoms with Crippen LogP contribution < -0.4 is 0 Å². The molecule has 0 aromatic heterocycles. The number of hydrogen-bond acceptors (Lipinski definition) is 3. The summed E-state index contributed by atoms with van der Waals surface area (Å²) >= 11 is 0. The molecular weight excluding hydrogens is 955 g/mol. The Bertz CT molecular complexity index is 2690. The third-order valence-corrected chi connectivity index (χ3v) is 11.0. The highest BCUT2D eigenvalue weighted by Crippen LogP contribution is 2.75. The Kier molecular flexibility index (Phi) is 13.2. The van der Waals surface area contributed by atoms with Gasteiger partial charge in [-0.15, -0.1) is 0 Å². The molecule has 1 aliphatic carbocycles. The van der Waals surface area contributed by atoms with Crippen molar-refractivity contribution >= 4 is 7.32 Å². The minimum absolute atomic E-state index is 0.0625. The molecule has 3 nitrogen and oxygen atoms in total. The average molecular weight is 974 g/mol. The van der Waals surface area contributed by atoms with Crippen molar-refractivity contribution in [3.8, 4) is 0 Å².